The average molecular weight is 718 g/mol. The predicted molar refractivity (Wildman–Crippen MR) is 180 cm³/mol. The van der Waals surface area contributed by atoms with Gasteiger partial charge in [-0.3, -0.25) is 0 Å². The van der Waals surface area contributed by atoms with Gasteiger partial charge in [-0.2, -0.15) is 0 Å². The van der Waals surface area contributed by atoms with Gasteiger partial charge in [-0.15, -0.1) is 0 Å². The third kappa shape index (κ3) is 7.20. The molecule has 51 heavy (non-hydrogen) atoms. The fraction of sp³-hybridized carbons (Fsp3) is 0.676. The maximum Gasteiger partial charge on any atom is 0.514 e. The van der Waals surface area contributed by atoms with E-state index in [0.717, 1.165) is 12.0 Å². The fourth-order valence-electron chi connectivity index (χ4n) is 7.33. The first kappa shape index (κ1) is 38.5. The molecule has 5 rings (SSSR count). The highest BCUT2D eigenvalue weighted by Gasteiger charge is 2.68. The Labute approximate surface area is 298 Å². The number of aliphatic hydroxyl groups is 1. The number of hydrogen-bond acceptors (Lipinski definition) is 14. The Kier molecular flexibility index (Phi) is 10.6. The quantitative estimate of drug-likeness (QED) is 0.149. The highest BCUT2D eigenvalue weighted by molar-refractivity contribution is 5.88. The van der Waals surface area contributed by atoms with E-state index in [0.29, 0.717) is 24.9 Å². The molecule has 1 N–H and O–H groups in total. The van der Waals surface area contributed by atoms with E-state index in [1.807, 2.05) is 33.9 Å². The molecule has 14 nitrogen and oxygen atoms in total. The van der Waals surface area contributed by atoms with Crippen molar-refractivity contribution in [1.82, 2.24) is 4.90 Å². The fourth-order valence-corrected chi connectivity index (χ4v) is 7.33. The molecule has 2 aliphatic carbocycles. The van der Waals surface area contributed by atoms with E-state index in [2.05, 4.69) is 4.90 Å². The van der Waals surface area contributed by atoms with E-state index in [9.17, 15) is 24.3 Å². The van der Waals surface area contributed by atoms with Gasteiger partial charge in [0.05, 0.1) is 17.6 Å². The number of benzene rings is 1. The molecule has 1 aromatic carbocycles. The van der Waals surface area contributed by atoms with Crippen LogP contribution in [0, 0.1) is 0 Å². The van der Waals surface area contributed by atoms with Gasteiger partial charge in [-0.1, -0.05) is 26.3 Å². The summed E-state index contributed by atoms with van der Waals surface area (Å²) >= 11 is 0. The standard InChI is InChI=1S/C37H51NO13/c1-11-13-18-44-30(39)20(3)45-31(40)27-28(50-35(7,8)49-27)32(41)46-23-16-17-37(43)24(38(10)12-2)19-21-14-15-22(47-33(42)51-34(4,5)6)26-25(21)36(37,9)29(23)48-26/h14-16,20,24,27-29,43H,11-13,17-19H2,1-10H3/t20-,24+,27+,28+,29-,36-,37+/m0/s1. The van der Waals surface area contributed by atoms with Gasteiger partial charge in [0.25, 0.3) is 0 Å². The van der Waals surface area contributed by atoms with Crippen LogP contribution in [-0.4, -0.2) is 102 Å². The number of hydrogen-bond donors (Lipinski definition) is 1. The van der Waals surface area contributed by atoms with Crippen LogP contribution in [0.4, 0.5) is 4.79 Å². The minimum absolute atomic E-state index is 0.0747. The second-order valence-corrected chi connectivity index (χ2v) is 15.2. The first-order chi connectivity index (χ1) is 23.8. The average Bonchev–Trinajstić information content (AvgIpc) is 3.56. The zero-order valence-electron chi connectivity index (χ0n) is 31.2. The maximum absolute atomic E-state index is 13.9. The lowest BCUT2D eigenvalue weighted by molar-refractivity contribution is -0.180. The Morgan fingerprint density at radius 2 is 1.71 bits per heavy atom. The Bertz CT molecular complexity index is 1580. The molecule has 0 amide bonds. The van der Waals surface area contributed by atoms with Crippen molar-refractivity contribution in [1.29, 1.82) is 0 Å². The van der Waals surface area contributed by atoms with Gasteiger partial charge in [-0.05, 0) is 92.6 Å². The van der Waals surface area contributed by atoms with E-state index in [1.165, 1.54) is 20.8 Å². The molecule has 0 spiro atoms. The van der Waals surface area contributed by atoms with Crippen LogP contribution < -0.4 is 9.47 Å². The molecular weight excluding hydrogens is 666 g/mol. The Balaban J connectivity index is 1.44. The number of unbranched alkanes of at least 4 members (excludes halogenated alkanes) is 1. The van der Waals surface area contributed by atoms with Gasteiger partial charge >= 0.3 is 24.1 Å². The SMILES string of the molecule is CCCCOC(=O)[C@H](C)OC(=O)[C@@H]1OC(C)(C)O[C@H]1C(=O)OC1=CC[C@@]2(O)[C@H](N(C)CC)Cc3ccc(OC(=O)OC(C)(C)C)c4c3[C@@]2(C)[C@H]1O4. The van der Waals surface area contributed by atoms with E-state index in [4.69, 9.17) is 37.9 Å². The van der Waals surface area contributed by atoms with E-state index in [1.54, 1.807) is 32.9 Å². The van der Waals surface area contributed by atoms with Crippen molar-refractivity contribution in [3.63, 3.8) is 0 Å². The number of nitrogens with zero attached hydrogens (tertiary/aromatic N) is 1. The molecule has 0 bridgehead atoms. The van der Waals surface area contributed by atoms with Crippen molar-refractivity contribution < 1.29 is 62.2 Å². The molecular formula is C37H51NO13. The largest absolute Gasteiger partial charge is 0.514 e. The minimum atomic E-state index is -1.57. The molecule has 0 unspecified atom stereocenters. The third-order valence-electron chi connectivity index (χ3n) is 9.98. The lowest BCUT2D eigenvalue weighted by Gasteiger charge is -2.56. The number of ether oxygens (including phenoxy) is 8. The summed E-state index contributed by atoms with van der Waals surface area (Å²) in [5.41, 5.74) is -1.87. The van der Waals surface area contributed by atoms with Crippen LogP contribution in [0.2, 0.25) is 0 Å². The summed E-state index contributed by atoms with van der Waals surface area (Å²) in [4.78, 5) is 54.4. The molecule has 282 valence electrons. The normalized spacial score (nSPS) is 29.3. The summed E-state index contributed by atoms with van der Waals surface area (Å²) in [6, 6.07) is 3.13. The first-order valence-corrected chi connectivity index (χ1v) is 17.6. The zero-order valence-corrected chi connectivity index (χ0v) is 31.2. The molecule has 2 aliphatic heterocycles. The molecule has 0 radical (unpaired) electrons. The van der Waals surface area contributed by atoms with Crippen LogP contribution in [-0.2, 0) is 54.6 Å². The second-order valence-electron chi connectivity index (χ2n) is 15.2. The predicted octanol–water partition coefficient (Wildman–Crippen LogP) is 4.25. The molecule has 2 heterocycles. The van der Waals surface area contributed by atoms with Crippen molar-refractivity contribution in [2.75, 3.05) is 20.2 Å². The molecule has 0 aromatic heterocycles. The van der Waals surface area contributed by atoms with Gasteiger partial charge in [-0.25, -0.2) is 19.2 Å². The Hall–Kier alpha value is -3.72. The van der Waals surface area contributed by atoms with Crippen molar-refractivity contribution in [2.45, 2.75) is 141 Å². The second kappa shape index (κ2) is 14.0. The number of rotatable bonds is 11. The number of likely N-dealkylation sites (N-methyl/N-ethyl adjacent to an activating group) is 1. The zero-order chi connectivity index (χ0) is 37.7. The highest BCUT2D eigenvalue weighted by Crippen LogP contribution is 2.62. The Morgan fingerprint density at radius 3 is 2.33 bits per heavy atom. The topological polar surface area (TPSA) is 166 Å². The third-order valence-corrected chi connectivity index (χ3v) is 9.98. The summed E-state index contributed by atoms with van der Waals surface area (Å²) in [5, 5.41) is 12.6. The summed E-state index contributed by atoms with van der Waals surface area (Å²) < 4.78 is 45.6. The van der Waals surface area contributed by atoms with Crippen molar-refractivity contribution >= 4 is 24.1 Å². The summed E-state index contributed by atoms with van der Waals surface area (Å²) in [7, 11) is 1.94. The van der Waals surface area contributed by atoms with Crippen LogP contribution >= 0.6 is 0 Å². The van der Waals surface area contributed by atoms with Crippen LogP contribution in [0.5, 0.6) is 11.5 Å². The summed E-state index contributed by atoms with van der Waals surface area (Å²) in [6.07, 6.45) is -2.70. The first-order valence-electron chi connectivity index (χ1n) is 17.6. The molecule has 1 fully saturated rings. The molecule has 1 saturated heterocycles. The van der Waals surface area contributed by atoms with Crippen LogP contribution in [0.25, 0.3) is 0 Å². The molecule has 7 atom stereocenters. The van der Waals surface area contributed by atoms with E-state index < -0.39 is 70.9 Å². The minimum Gasteiger partial charge on any atom is -0.477 e. The lowest BCUT2D eigenvalue weighted by atomic mass is 9.54. The van der Waals surface area contributed by atoms with E-state index in [-0.39, 0.29) is 36.3 Å². The number of carbonyl (C=O) groups excluding carboxylic acids is 4. The van der Waals surface area contributed by atoms with Crippen molar-refractivity contribution in [2.24, 2.45) is 0 Å². The Morgan fingerprint density at radius 1 is 1.04 bits per heavy atom. The molecule has 4 aliphatic rings. The van der Waals surface area contributed by atoms with Gasteiger partial charge in [0.2, 0.25) is 0 Å². The van der Waals surface area contributed by atoms with Gasteiger partial charge in [0.1, 0.15) is 11.4 Å². The molecule has 0 saturated carbocycles. The van der Waals surface area contributed by atoms with Gasteiger partial charge in [0, 0.05) is 18.0 Å². The lowest BCUT2D eigenvalue weighted by Crippen LogP contribution is -2.69. The number of esters is 3. The van der Waals surface area contributed by atoms with Crippen molar-refractivity contribution in [3.05, 3.63) is 35.1 Å². The summed E-state index contributed by atoms with van der Waals surface area (Å²) in [6.45, 7) is 16.2. The monoisotopic (exact) mass is 717 g/mol. The smallest absolute Gasteiger partial charge is 0.477 e. The molecule has 14 heteroatoms. The van der Waals surface area contributed by atoms with E-state index >= 15 is 0 Å². The number of carbonyl (C=O) groups is 4. The van der Waals surface area contributed by atoms with Crippen LogP contribution in [0.1, 0.15) is 92.7 Å². The van der Waals surface area contributed by atoms with Gasteiger partial charge in [0.15, 0.2) is 41.7 Å². The van der Waals surface area contributed by atoms with Crippen molar-refractivity contribution in [3.8, 4) is 11.5 Å². The summed E-state index contributed by atoms with van der Waals surface area (Å²) in [5.74, 6) is -3.68. The van der Waals surface area contributed by atoms with Gasteiger partial charge < -0.3 is 47.9 Å². The highest BCUT2D eigenvalue weighted by atomic mass is 16.8. The maximum atomic E-state index is 13.9. The van der Waals surface area contributed by atoms with Crippen LogP contribution in [0.3, 0.4) is 0 Å². The molecule has 1 aromatic rings. The van der Waals surface area contributed by atoms with Crippen LogP contribution in [0.15, 0.2) is 24.0 Å².